The number of amides is 2. The second-order valence-corrected chi connectivity index (χ2v) is 7.26. The Morgan fingerprint density at radius 2 is 1.81 bits per heavy atom. The van der Waals surface area contributed by atoms with Gasteiger partial charge in [-0.05, 0) is 43.9 Å². The maximum Gasteiger partial charge on any atom is 0.244 e. The van der Waals surface area contributed by atoms with Crippen molar-refractivity contribution in [2.24, 2.45) is 5.92 Å². The van der Waals surface area contributed by atoms with Crippen molar-refractivity contribution < 1.29 is 19.1 Å². The Morgan fingerprint density at radius 1 is 1.15 bits per heavy atom. The zero-order valence-electron chi connectivity index (χ0n) is 16.9. The monoisotopic (exact) mass is 376 g/mol. The Kier molecular flexibility index (Phi) is 7.95. The van der Waals surface area contributed by atoms with E-state index < -0.39 is 6.04 Å². The molecule has 6 nitrogen and oxygen atoms in total. The average Bonchev–Trinajstić information content (AvgIpc) is 2.71. The van der Waals surface area contributed by atoms with Crippen molar-refractivity contribution in [1.82, 2.24) is 10.2 Å². The molecule has 0 saturated heterocycles. The van der Waals surface area contributed by atoms with Gasteiger partial charge in [0.25, 0.3) is 0 Å². The van der Waals surface area contributed by atoms with E-state index in [1.165, 1.54) is 6.42 Å². The van der Waals surface area contributed by atoms with Gasteiger partial charge in [-0.1, -0.05) is 25.3 Å². The second kappa shape index (κ2) is 10.2. The van der Waals surface area contributed by atoms with Gasteiger partial charge in [-0.3, -0.25) is 9.59 Å². The number of carbonyl (C=O) groups excluding carboxylic acids is 2. The second-order valence-electron chi connectivity index (χ2n) is 7.26. The number of methoxy groups -OCH3 is 2. The smallest absolute Gasteiger partial charge is 0.244 e. The maximum atomic E-state index is 12.6. The molecule has 1 aromatic rings. The molecule has 150 valence electrons. The lowest BCUT2D eigenvalue weighted by molar-refractivity contribution is -0.136. The van der Waals surface area contributed by atoms with Crippen LogP contribution in [0.25, 0.3) is 0 Å². The highest BCUT2D eigenvalue weighted by atomic mass is 16.5. The summed E-state index contributed by atoms with van der Waals surface area (Å²) >= 11 is 0. The van der Waals surface area contributed by atoms with Gasteiger partial charge in [0.05, 0.1) is 14.2 Å². The zero-order chi connectivity index (χ0) is 19.8. The maximum absolute atomic E-state index is 12.6. The summed E-state index contributed by atoms with van der Waals surface area (Å²) in [7, 11) is 4.98. The molecule has 0 bridgehead atoms. The van der Waals surface area contributed by atoms with Crippen LogP contribution in [-0.2, 0) is 16.0 Å². The molecule has 2 rings (SSSR count). The molecular weight excluding hydrogens is 344 g/mol. The number of carbonyl (C=O) groups is 2. The third kappa shape index (κ3) is 5.88. The summed E-state index contributed by atoms with van der Waals surface area (Å²) in [6.45, 7) is 2.33. The number of rotatable bonds is 8. The van der Waals surface area contributed by atoms with Gasteiger partial charge in [0.15, 0.2) is 11.5 Å². The lowest BCUT2D eigenvalue weighted by atomic mass is 9.88. The van der Waals surface area contributed by atoms with Crippen molar-refractivity contribution in [3.05, 3.63) is 23.8 Å². The zero-order valence-corrected chi connectivity index (χ0v) is 16.9. The van der Waals surface area contributed by atoms with Gasteiger partial charge in [0.2, 0.25) is 11.8 Å². The molecule has 1 saturated carbocycles. The van der Waals surface area contributed by atoms with Gasteiger partial charge in [-0.15, -0.1) is 0 Å². The number of benzene rings is 1. The fraction of sp³-hybridized carbons (Fsp3) is 0.619. The molecule has 0 spiro atoms. The summed E-state index contributed by atoms with van der Waals surface area (Å²) in [6, 6.07) is 5.25. The van der Waals surface area contributed by atoms with E-state index in [4.69, 9.17) is 9.47 Å². The topological polar surface area (TPSA) is 67.9 Å². The lowest BCUT2D eigenvalue weighted by Gasteiger charge is -2.25. The summed E-state index contributed by atoms with van der Waals surface area (Å²) in [5, 5.41) is 2.90. The number of hydrogen-bond acceptors (Lipinski definition) is 4. The first-order valence-corrected chi connectivity index (χ1v) is 9.72. The molecule has 0 radical (unpaired) electrons. The van der Waals surface area contributed by atoms with E-state index in [2.05, 4.69) is 5.32 Å². The van der Waals surface area contributed by atoms with Crippen molar-refractivity contribution in [3.8, 4) is 11.5 Å². The number of nitrogens with one attached hydrogen (secondary N) is 1. The molecule has 1 N–H and O–H groups in total. The minimum atomic E-state index is -0.505. The summed E-state index contributed by atoms with van der Waals surface area (Å²) in [5.41, 5.74) is 1.06. The fourth-order valence-electron chi connectivity index (χ4n) is 3.53. The van der Waals surface area contributed by atoms with Gasteiger partial charge < -0.3 is 19.7 Å². The van der Waals surface area contributed by atoms with Crippen LogP contribution in [-0.4, -0.2) is 50.6 Å². The van der Waals surface area contributed by atoms with Gasteiger partial charge in [0, 0.05) is 19.5 Å². The van der Waals surface area contributed by atoms with Crippen LogP contribution in [0.2, 0.25) is 0 Å². The van der Waals surface area contributed by atoms with Gasteiger partial charge in [0.1, 0.15) is 6.04 Å². The minimum Gasteiger partial charge on any atom is -0.493 e. The van der Waals surface area contributed by atoms with Crippen LogP contribution in [0.3, 0.4) is 0 Å². The predicted octanol–water partition coefficient (Wildman–Crippen LogP) is 2.79. The first-order valence-electron chi connectivity index (χ1n) is 9.72. The van der Waals surface area contributed by atoms with E-state index in [-0.39, 0.29) is 17.7 Å². The highest BCUT2D eigenvalue weighted by Gasteiger charge is 2.25. The van der Waals surface area contributed by atoms with Gasteiger partial charge >= 0.3 is 0 Å². The number of nitrogens with zero attached hydrogens (tertiary/aromatic N) is 1. The minimum absolute atomic E-state index is 0.0174. The first-order chi connectivity index (χ1) is 13.0. The molecule has 1 fully saturated rings. The van der Waals surface area contributed by atoms with Crippen molar-refractivity contribution >= 4 is 11.8 Å². The largest absolute Gasteiger partial charge is 0.493 e. The molecule has 1 aromatic carbocycles. The fourth-order valence-corrected chi connectivity index (χ4v) is 3.53. The van der Waals surface area contributed by atoms with E-state index in [0.717, 1.165) is 31.2 Å². The molecule has 1 unspecified atom stereocenters. The van der Waals surface area contributed by atoms with Gasteiger partial charge in [-0.2, -0.15) is 0 Å². The molecule has 1 aliphatic carbocycles. The van der Waals surface area contributed by atoms with Crippen LogP contribution < -0.4 is 14.8 Å². The van der Waals surface area contributed by atoms with E-state index in [9.17, 15) is 9.59 Å². The van der Waals surface area contributed by atoms with E-state index in [0.29, 0.717) is 24.5 Å². The molecule has 27 heavy (non-hydrogen) atoms. The third-order valence-electron chi connectivity index (χ3n) is 5.27. The molecule has 2 amide bonds. The summed E-state index contributed by atoms with van der Waals surface area (Å²) < 4.78 is 10.6. The van der Waals surface area contributed by atoms with Crippen molar-refractivity contribution in [3.63, 3.8) is 0 Å². The quantitative estimate of drug-likeness (QED) is 0.758. The van der Waals surface area contributed by atoms with Gasteiger partial charge in [-0.25, -0.2) is 0 Å². The molecule has 1 atom stereocenters. The summed E-state index contributed by atoms with van der Waals surface area (Å²) in [5.74, 6) is 1.37. The van der Waals surface area contributed by atoms with Crippen LogP contribution >= 0.6 is 0 Å². The van der Waals surface area contributed by atoms with E-state index in [1.807, 2.05) is 18.2 Å². The predicted molar refractivity (Wildman–Crippen MR) is 105 cm³/mol. The molecule has 0 aliphatic heterocycles. The van der Waals surface area contributed by atoms with Crippen molar-refractivity contribution in [2.45, 2.75) is 51.5 Å². The van der Waals surface area contributed by atoms with Crippen LogP contribution in [0, 0.1) is 5.92 Å². The molecule has 6 heteroatoms. The van der Waals surface area contributed by atoms with Crippen LogP contribution in [0.4, 0.5) is 0 Å². The number of likely N-dealkylation sites (N-methyl/N-ethyl adjacent to an activating group) is 1. The molecule has 0 heterocycles. The highest BCUT2D eigenvalue weighted by molar-refractivity contribution is 5.88. The Balaban J connectivity index is 1.84. The lowest BCUT2D eigenvalue weighted by Crippen LogP contribution is -2.47. The normalized spacial score (nSPS) is 15.7. The van der Waals surface area contributed by atoms with Crippen molar-refractivity contribution in [1.29, 1.82) is 0 Å². The first kappa shape index (κ1) is 21.1. The number of ether oxygens (including phenoxy) is 2. The highest BCUT2D eigenvalue weighted by Crippen LogP contribution is 2.27. The Bertz CT molecular complexity index is 641. The van der Waals surface area contributed by atoms with Crippen molar-refractivity contribution in [2.75, 3.05) is 27.8 Å². The molecular formula is C21H32N2O4. The van der Waals surface area contributed by atoms with Crippen LogP contribution in [0.1, 0.15) is 44.6 Å². The Hall–Kier alpha value is -2.24. The number of hydrogen-bond donors (Lipinski definition) is 1. The summed E-state index contributed by atoms with van der Waals surface area (Å²) in [6.07, 6.45) is 5.98. The van der Waals surface area contributed by atoms with E-state index >= 15 is 0 Å². The standard InChI is InChI=1S/C21H32N2O4/c1-15(22-20(24)17-8-6-5-7-9-17)21(25)23(2)13-12-16-10-11-18(26-3)19(14-16)27-4/h10-11,14-15,17H,5-9,12-13H2,1-4H3,(H,22,24). The average molecular weight is 376 g/mol. The summed E-state index contributed by atoms with van der Waals surface area (Å²) in [4.78, 5) is 26.6. The third-order valence-corrected chi connectivity index (χ3v) is 5.27. The van der Waals surface area contributed by atoms with E-state index in [1.54, 1.807) is 33.1 Å². The van der Waals surface area contributed by atoms with Crippen LogP contribution in [0.5, 0.6) is 11.5 Å². The van der Waals surface area contributed by atoms with Crippen LogP contribution in [0.15, 0.2) is 18.2 Å². The molecule has 0 aromatic heterocycles. The Labute approximate surface area is 162 Å². The Morgan fingerprint density at radius 3 is 2.44 bits per heavy atom. The SMILES string of the molecule is COc1ccc(CCN(C)C(=O)C(C)NC(=O)C2CCCCC2)cc1OC. The molecule has 1 aliphatic rings.